The molecule has 0 spiro atoms. The molecule has 2 nitrogen and oxygen atoms in total. The highest BCUT2D eigenvalue weighted by molar-refractivity contribution is 4.87. The van der Waals surface area contributed by atoms with Crippen LogP contribution in [0, 0.1) is 5.92 Å². The van der Waals surface area contributed by atoms with Crippen molar-refractivity contribution in [3.05, 3.63) is 0 Å². The maximum atomic E-state index is 5.18. The van der Waals surface area contributed by atoms with Gasteiger partial charge in [0.25, 0.3) is 0 Å². The normalized spacial score (nSPS) is 34.1. The summed E-state index contributed by atoms with van der Waals surface area (Å²) in [5, 5.41) is 0. The van der Waals surface area contributed by atoms with E-state index in [9.17, 15) is 0 Å². The average Bonchev–Trinajstić information content (AvgIpc) is 2.26. The van der Waals surface area contributed by atoms with Crippen LogP contribution in [0.3, 0.4) is 0 Å². The molecule has 2 rings (SSSR count). The lowest BCUT2D eigenvalue weighted by Gasteiger charge is -2.44. The number of ether oxygens (including phenoxy) is 1. The highest BCUT2D eigenvalue weighted by Gasteiger charge is 2.32. The molecule has 2 fully saturated rings. The lowest BCUT2D eigenvalue weighted by atomic mass is 9.78. The highest BCUT2D eigenvalue weighted by Crippen LogP contribution is 2.34. The number of methoxy groups -OCH3 is 1. The molecule has 1 saturated heterocycles. The highest BCUT2D eigenvalue weighted by atomic mass is 16.5. The fourth-order valence-corrected chi connectivity index (χ4v) is 3.21. The summed E-state index contributed by atoms with van der Waals surface area (Å²) >= 11 is 0. The second-order valence-electron chi connectivity index (χ2n) is 4.78. The summed E-state index contributed by atoms with van der Waals surface area (Å²) in [6, 6.07) is 0.896. The molecule has 0 bridgehead atoms. The molecule has 82 valence electrons. The molecule has 2 unspecified atom stereocenters. The standard InChI is InChI=1S/C12H23NO/c1-14-10-9-13-8-4-6-11-5-2-3-7-12(11)13/h11-12H,2-10H2,1H3. The summed E-state index contributed by atoms with van der Waals surface area (Å²) < 4.78 is 5.18. The Labute approximate surface area is 87.6 Å². The van der Waals surface area contributed by atoms with Gasteiger partial charge in [-0.1, -0.05) is 12.8 Å². The first kappa shape index (κ1) is 10.4. The van der Waals surface area contributed by atoms with Gasteiger partial charge in [-0.15, -0.1) is 0 Å². The first-order chi connectivity index (χ1) is 6.92. The van der Waals surface area contributed by atoms with Crippen LogP contribution < -0.4 is 0 Å². The molecule has 0 radical (unpaired) electrons. The van der Waals surface area contributed by atoms with Crippen molar-refractivity contribution in [2.45, 2.75) is 44.6 Å². The van der Waals surface area contributed by atoms with E-state index in [1.807, 2.05) is 7.11 Å². The fourth-order valence-electron chi connectivity index (χ4n) is 3.21. The van der Waals surface area contributed by atoms with E-state index in [-0.39, 0.29) is 0 Å². The third-order valence-corrected chi connectivity index (χ3v) is 3.94. The Bertz CT molecular complexity index is 170. The molecule has 0 aromatic heterocycles. The van der Waals surface area contributed by atoms with Crippen molar-refractivity contribution in [2.24, 2.45) is 5.92 Å². The molecule has 14 heavy (non-hydrogen) atoms. The van der Waals surface area contributed by atoms with E-state index in [2.05, 4.69) is 4.90 Å². The summed E-state index contributed by atoms with van der Waals surface area (Å²) in [7, 11) is 1.81. The fraction of sp³-hybridized carbons (Fsp3) is 1.00. The number of piperidine rings is 1. The van der Waals surface area contributed by atoms with E-state index < -0.39 is 0 Å². The predicted molar refractivity (Wildman–Crippen MR) is 58.4 cm³/mol. The Morgan fingerprint density at radius 2 is 1.93 bits per heavy atom. The van der Waals surface area contributed by atoms with Crippen LogP contribution >= 0.6 is 0 Å². The Balaban J connectivity index is 1.88. The molecule has 1 aliphatic heterocycles. The van der Waals surface area contributed by atoms with E-state index >= 15 is 0 Å². The molecule has 2 aliphatic rings. The molecule has 1 saturated carbocycles. The van der Waals surface area contributed by atoms with Crippen LogP contribution in [-0.4, -0.2) is 37.7 Å². The quantitative estimate of drug-likeness (QED) is 0.688. The van der Waals surface area contributed by atoms with Gasteiger partial charge in [0.1, 0.15) is 0 Å². The summed E-state index contributed by atoms with van der Waals surface area (Å²) in [5.74, 6) is 1.01. The van der Waals surface area contributed by atoms with Gasteiger partial charge in [-0.3, -0.25) is 4.90 Å². The minimum absolute atomic E-state index is 0.896. The first-order valence-corrected chi connectivity index (χ1v) is 6.15. The monoisotopic (exact) mass is 197 g/mol. The molecule has 0 aromatic carbocycles. The van der Waals surface area contributed by atoms with Gasteiger partial charge in [-0.25, -0.2) is 0 Å². The predicted octanol–water partition coefficient (Wildman–Crippen LogP) is 2.29. The van der Waals surface area contributed by atoms with Crippen molar-refractivity contribution < 1.29 is 4.74 Å². The van der Waals surface area contributed by atoms with Crippen molar-refractivity contribution in [3.8, 4) is 0 Å². The van der Waals surface area contributed by atoms with Crippen LogP contribution in [0.4, 0.5) is 0 Å². The van der Waals surface area contributed by atoms with Crippen molar-refractivity contribution in [2.75, 3.05) is 26.8 Å². The lowest BCUT2D eigenvalue weighted by molar-refractivity contribution is 0.0392. The molecular weight excluding hydrogens is 174 g/mol. The topological polar surface area (TPSA) is 12.5 Å². The molecule has 1 aliphatic carbocycles. The Morgan fingerprint density at radius 1 is 1.14 bits per heavy atom. The summed E-state index contributed by atoms with van der Waals surface area (Å²) in [6.45, 7) is 3.37. The second-order valence-corrected chi connectivity index (χ2v) is 4.78. The number of hydrogen-bond acceptors (Lipinski definition) is 2. The van der Waals surface area contributed by atoms with Crippen LogP contribution in [0.25, 0.3) is 0 Å². The third kappa shape index (κ3) is 2.29. The Morgan fingerprint density at radius 3 is 2.79 bits per heavy atom. The largest absolute Gasteiger partial charge is 0.383 e. The van der Waals surface area contributed by atoms with Crippen LogP contribution in [0.15, 0.2) is 0 Å². The van der Waals surface area contributed by atoms with Crippen molar-refractivity contribution in [1.29, 1.82) is 0 Å². The summed E-state index contributed by atoms with van der Waals surface area (Å²) in [4.78, 5) is 2.68. The molecule has 2 heteroatoms. The second kappa shape index (κ2) is 5.13. The van der Waals surface area contributed by atoms with Gasteiger partial charge in [0.05, 0.1) is 6.61 Å². The van der Waals surface area contributed by atoms with Crippen molar-refractivity contribution in [1.82, 2.24) is 4.90 Å². The van der Waals surface area contributed by atoms with Gasteiger partial charge < -0.3 is 4.74 Å². The van der Waals surface area contributed by atoms with Gasteiger partial charge in [-0.2, -0.15) is 0 Å². The Hall–Kier alpha value is -0.0800. The molecule has 0 aromatic rings. The minimum Gasteiger partial charge on any atom is -0.383 e. The summed E-state index contributed by atoms with van der Waals surface area (Å²) in [6.07, 6.45) is 8.73. The third-order valence-electron chi connectivity index (χ3n) is 3.94. The number of nitrogens with zero attached hydrogens (tertiary/aromatic N) is 1. The van der Waals surface area contributed by atoms with Gasteiger partial charge >= 0.3 is 0 Å². The number of fused-ring (bicyclic) bond motifs is 1. The number of likely N-dealkylation sites (tertiary alicyclic amines) is 1. The molecular formula is C12H23NO. The lowest BCUT2D eigenvalue weighted by Crippen LogP contribution is -2.47. The van der Waals surface area contributed by atoms with E-state index in [1.165, 1.54) is 45.1 Å². The summed E-state index contributed by atoms with van der Waals surface area (Å²) in [5.41, 5.74) is 0. The maximum absolute atomic E-state index is 5.18. The van der Waals surface area contributed by atoms with Crippen molar-refractivity contribution >= 4 is 0 Å². The van der Waals surface area contributed by atoms with Crippen LogP contribution in [0.1, 0.15) is 38.5 Å². The zero-order valence-corrected chi connectivity index (χ0v) is 9.37. The van der Waals surface area contributed by atoms with Gasteiger partial charge in [0.15, 0.2) is 0 Å². The van der Waals surface area contributed by atoms with E-state index in [1.54, 1.807) is 0 Å². The molecule has 2 atom stereocenters. The Kier molecular flexibility index (Phi) is 3.82. The first-order valence-electron chi connectivity index (χ1n) is 6.15. The minimum atomic E-state index is 0.896. The van der Waals surface area contributed by atoms with Crippen molar-refractivity contribution in [3.63, 3.8) is 0 Å². The van der Waals surface area contributed by atoms with Crippen LogP contribution in [0.2, 0.25) is 0 Å². The van der Waals surface area contributed by atoms with E-state index in [0.717, 1.165) is 25.1 Å². The van der Waals surface area contributed by atoms with Crippen LogP contribution in [-0.2, 0) is 4.74 Å². The zero-order chi connectivity index (χ0) is 9.80. The number of rotatable bonds is 3. The van der Waals surface area contributed by atoms with Crippen LogP contribution in [0.5, 0.6) is 0 Å². The van der Waals surface area contributed by atoms with Gasteiger partial charge in [0, 0.05) is 19.7 Å². The smallest absolute Gasteiger partial charge is 0.0589 e. The van der Waals surface area contributed by atoms with Gasteiger partial charge in [0.2, 0.25) is 0 Å². The number of hydrogen-bond donors (Lipinski definition) is 0. The molecule has 1 heterocycles. The zero-order valence-electron chi connectivity index (χ0n) is 9.37. The van der Waals surface area contributed by atoms with E-state index in [0.29, 0.717) is 0 Å². The molecule has 0 N–H and O–H groups in total. The average molecular weight is 197 g/mol. The maximum Gasteiger partial charge on any atom is 0.0589 e. The van der Waals surface area contributed by atoms with E-state index in [4.69, 9.17) is 4.74 Å². The molecule has 0 amide bonds. The SMILES string of the molecule is COCCN1CCCC2CCCCC21. The van der Waals surface area contributed by atoms with Gasteiger partial charge in [-0.05, 0) is 38.1 Å².